The quantitative estimate of drug-likeness (QED) is 0.509. The van der Waals surface area contributed by atoms with Crippen LogP contribution < -0.4 is 5.32 Å². The molecule has 2 aromatic heterocycles. The SMILES string of the molecule is COCCn1ccc2cc(NC(=O)c3cc(Cl)nc4ccccc34)ccc21. The number of para-hydroxylation sites is 1. The Morgan fingerprint density at radius 1 is 1.19 bits per heavy atom. The fourth-order valence-corrected chi connectivity index (χ4v) is 3.39. The van der Waals surface area contributed by atoms with Crippen molar-refractivity contribution in [3.63, 3.8) is 0 Å². The lowest BCUT2D eigenvalue weighted by atomic mass is 10.1. The number of hydrogen-bond acceptors (Lipinski definition) is 3. The van der Waals surface area contributed by atoms with Gasteiger partial charge in [-0.15, -0.1) is 0 Å². The van der Waals surface area contributed by atoms with E-state index in [4.69, 9.17) is 16.3 Å². The van der Waals surface area contributed by atoms with E-state index in [1.54, 1.807) is 13.2 Å². The van der Waals surface area contributed by atoms with Crippen molar-refractivity contribution in [1.82, 2.24) is 9.55 Å². The zero-order valence-corrected chi connectivity index (χ0v) is 15.5. The lowest BCUT2D eigenvalue weighted by molar-refractivity contribution is 0.102. The van der Waals surface area contributed by atoms with Gasteiger partial charge in [-0.1, -0.05) is 29.8 Å². The molecule has 0 aliphatic heterocycles. The third-order valence-electron chi connectivity index (χ3n) is 4.49. The average molecular weight is 380 g/mol. The number of carbonyl (C=O) groups is 1. The van der Waals surface area contributed by atoms with E-state index in [1.165, 1.54) is 0 Å². The topological polar surface area (TPSA) is 56.1 Å². The Morgan fingerprint density at radius 3 is 2.89 bits per heavy atom. The molecule has 0 aliphatic carbocycles. The number of benzene rings is 2. The van der Waals surface area contributed by atoms with Crippen LogP contribution in [-0.4, -0.2) is 29.2 Å². The Balaban J connectivity index is 1.63. The van der Waals surface area contributed by atoms with Gasteiger partial charge < -0.3 is 14.6 Å². The van der Waals surface area contributed by atoms with Crippen molar-refractivity contribution < 1.29 is 9.53 Å². The van der Waals surface area contributed by atoms with Crippen LogP contribution in [0.3, 0.4) is 0 Å². The molecular formula is C21H18ClN3O2. The van der Waals surface area contributed by atoms with E-state index >= 15 is 0 Å². The van der Waals surface area contributed by atoms with Gasteiger partial charge in [0, 0.05) is 41.8 Å². The van der Waals surface area contributed by atoms with Crippen LogP contribution >= 0.6 is 11.6 Å². The van der Waals surface area contributed by atoms with Crippen LogP contribution in [0.5, 0.6) is 0 Å². The summed E-state index contributed by atoms with van der Waals surface area (Å²) in [4.78, 5) is 17.1. The van der Waals surface area contributed by atoms with E-state index in [0.29, 0.717) is 22.8 Å². The molecule has 0 fully saturated rings. The Kier molecular flexibility index (Phi) is 4.79. The van der Waals surface area contributed by atoms with Crippen LogP contribution in [0.4, 0.5) is 5.69 Å². The third-order valence-corrected chi connectivity index (χ3v) is 4.69. The first kappa shape index (κ1) is 17.5. The standard InChI is InChI=1S/C21H18ClN3O2/c1-27-11-10-25-9-8-14-12-15(6-7-19(14)25)23-21(26)17-13-20(22)24-18-5-3-2-4-16(17)18/h2-9,12-13H,10-11H2,1H3,(H,23,26). The normalized spacial score (nSPS) is 11.2. The molecule has 2 aromatic carbocycles. The Labute approximate surface area is 161 Å². The Bertz CT molecular complexity index is 1140. The third kappa shape index (κ3) is 3.52. The number of aromatic nitrogens is 2. The fourth-order valence-electron chi connectivity index (χ4n) is 3.19. The first-order chi connectivity index (χ1) is 13.2. The lowest BCUT2D eigenvalue weighted by Gasteiger charge is -2.09. The number of halogens is 1. The summed E-state index contributed by atoms with van der Waals surface area (Å²) in [7, 11) is 1.69. The molecule has 0 radical (unpaired) electrons. The van der Waals surface area contributed by atoms with E-state index in [9.17, 15) is 4.79 Å². The molecule has 1 N–H and O–H groups in total. The molecule has 0 saturated heterocycles. The molecular weight excluding hydrogens is 362 g/mol. The second kappa shape index (κ2) is 7.39. The predicted molar refractivity (Wildman–Crippen MR) is 109 cm³/mol. The number of amides is 1. The lowest BCUT2D eigenvalue weighted by Crippen LogP contribution is -2.12. The minimum absolute atomic E-state index is 0.214. The van der Waals surface area contributed by atoms with Crippen LogP contribution in [-0.2, 0) is 11.3 Å². The number of carbonyl (C=O) groups excluding carboxylic acids is 1. The van der Waals surface area contributed by atoms with Gasteiger partial charge in [0.1, 0.15) is 5.15 Å². The van der Waals surface area contributed by atoms with Gasteiger partial charge in [0.15, 0.2) is 0 Å². The number of methoxy groups -OCH3 is 1. The summed E-state index contributed by atoms with van der Waals surface area (Å²) < 4.78 is 7.27. The van der Waals surface area contributed by atoms with Gasteiger partial charge in [0.05, 0.1) is 17.7 Å². The summed E-state index contributed by atoms with van der Waals surface area (Å²) in [5.41, 5.74) is 3.03. The Hall–Kier alpha value is -2.89. The van der Waals surface area contributed by atoms with E-state index in [0.717, 1.165) is 28.5 Å². The predicted octanol–water partition coefficient (Wildman–Crippen LogP) is 4.74. The van der Waals surface area contributed by atoms with Crippen molar-refractivity contribution in [2.45, 2.75) is 6.54 Å². The summed E-state index contributed by atoms with van der Waals surface area (Å²) in [6.45, 7) is 1.44. The van der Waals surface area contributed by atoms with E-state index < -0.39 is 0 Å². The van der Waals surface area contributed by atoms with Gasteiger partial charge in [-0.3, -0.25) is 4.79 Å². The maximum absolute atomic E-state index is 12.8. The molecule has 4 aromatic rings. The first-order valence-corrected chi connectivity index (χ1v) is 8.98. The zero-order chi connectivity index (χ0) is 18.8. The maximum Gasteiger partial charge on any atom is 0.256 e. The van der Waals surface area contributed by atoms with E-state index in [1.807, 2.05) is 54.7 Å². The van der Waals surface area contributed by atoms with Crippen molar-refractivity contribution in [1.29, 1.82) is 0 Å². The zero-order valence-electron chi connectivity index (χ0n) is 14.8. The molecule has 0 atom stereocenters. The van der Waals surface area contributed by atoms with Crippen molar-refractivity contribution in [2.75, 3.05) is 19.0 Å². The summed E-state index contributed by atoms with van der Waals surface area (Å²) in [6.07, 6.45) is 2.02. The monoisotopic (exact) mass is 379 g/mol. The molecule has 0 saturated carbocycles. The first-order valence-electron chi connectivity index (χ1n) is 8.60. The molecule has 0 bridgehead atoms. The smallest absolute Gasteiger partial charge is 0.256 e. The van der Waals surface area contributed by atoms with Gasteiger partial charge >= 0.3 is 0 Å². The molecule has 4 rings (SSSR count). The van der Waals surface area contributed by atoms with Crippen LogP contribution in [0.25, 0.3) is 21.8 Å². The summed E-state index contributed by atoms with van der Waals surface area (Å²) in [5.74, 6) is -0.214. The summed E-state index contributed by atoms with van der Waals surface area (Å²) in [6, 6.07) is 16.9. The highest BCUT2D eigenvalue weighted by molar-refractivity contribution is 6.30. The minimum Gasteiger partial charge on any atom is -0.383 e. The Morgan fingerprint density at radius 2 is 2.04 bits per heavy atom. The molecule has 0 aliphatic rings. The summed E-state index contributed by atoms with van der Waals surface area (Å²) in [5, 5.41) is 5.09. The van der Waals surface area contributed by atoms with Crippen molar-refractivity contribution in [3.05, 3.63) is 71.5 Å². The molecule has 5 nitrogen and oxygen atoms in total. The number of rotatable bonds is 5. The number of nitrogens with zero attached hydrogens (tertiary/aromatic N) is 2. The highest BCUT2D eigenvalue weighted by Crippen LogP contribution is 2.24. The summed E-state index contributed by atoms with van der Waals surface area (Å²) >= 11 is 6.09. The van der Waals surface area contributed by atoms with Crippen LogP contribution in [0.15, 0.2) is 60.8 Å². The van der Waals surface area contributed by atoms with E-state index in [2.05, 4.69) is 14.9 Å². The average Bonchev–Trinajstić information content (AvgIpc) is 3.07. The van der Waals surface area contributed by atoms with Gasteiger partial charge in [0.25, 0.3) is 5.91 Å². The molecule has 0 unspecified atom stereocenters. The van der Waals surface area contributed by atoms with Crippen molar-refractivity contribution >= 4 is 45.0 Å². The minimum atomic E-state index is -0.214. The van der Waals surface area contributed by atoms with Gasteiger partial charge in [-0.05, 0) is 36.4 Å². The molecule has 27 heavy (non-hydrogen) atoms. The van der Waals surface area contributed by atoms with Crippen LogP contribution in [0, 0.1) is 0 Å². The number of nitrogens with one attached hydrogen (secondary N) is 1. The molecule has 0 spiro atoms. The number of ether oxygens (including phenoxy) is 1. The highest BCUT2D eigenvalue weighted by atomic mass is 35.5. The number of fused-ring (bicyclic) bond motifs is 2. The molecule has 1 amide bonds. The number of hydrogen-bond donors (Lipinski definition) is 1. The second-order valence-corrected chi connectivity index (χ2v) is 6.63. The highest BCUT2D eigenvalue weighted by Gasteiger charge is 2.13. The maximum atomic E-state index is 12.8. The van der Waals surface area contributed by atoms with Crippen LogP contribution in [0.1, 0.15) is 10.4 Å². The van der Waals surface area contributed by atoms with E-state index in [-0.39, 0.29) is 5.91 Å². The van der Waals surface area contributed by atoms with Crippen molar-refractivity contribution in [3.8, 4) is 0 Å². The molecule has 2 heterocycles. The molecule has 136 valence electrons. The largest absolute Gasteiger partial charge is 0.383 e. The number of pyridine rings is 1. The fraction of sp³-hybridized carbons (Fsp3) is 0.143. The van der Waals surface area contributed by atoms with Crippen LogP contribution in [0.2, 0.25) is 5.15 Å². The van der Waals surface area contributed by atoms with Gasteiger partial charge in [-0.2, -0.15) is 0 Å². The van der Waals surface area contributed by atoms with Crippen molar-refractivity contribution in [2.24, 2.45) is 0 Å². The second-order valence-electron chi connectivity index (χ2n) is 6.24. The van der Waals surface area contributed by atoms with Gasteiger partial charge in [-0.25, -0.2) is 4.98 Å². The molecule has 6 heteroatoms. The van der Waals surface area contributed by atoms with Gasteiger partial charge in [0.2, 0.25) is 0 Å². The number of anilines is 1.